The Balaban J connectivity index is 1.24. The molecule has 0 aromatic heterocycles. The van der Waals surface area contributed by atoms with E-state index in [-0.39, 0.29) is 0 Å². The number of hydrogen-bond acceptors (Lipinski definition) is 1. The molecule has 0 amide bonds. The number of benzene rings is 6. The fraction of sp³-hybridized carbons (Fsp3) is 0.0244. The van der Waals surface area contributed by atoms with Gasteiger partial charge >= 0.3 is 0 Å². The Labute approximate surface area is 249 Å². The quantitative estimate of drug-likeness (QED) is 0.174. The highest BCUT2D eigenvalue weighted by Crippen LogP contribution is 2.30. The zero-order valence-electron chi connectivity index (χ0n) is 23.8. The van der Waals surface area contributed by atoms with Crippen molar-refractivity contribution in [3.05, 3.63) is 203 Å². The summed E-state index contributed by atoms with van der Waals surface area (Å²) in [6, 6.07) is 59.9. The molecule has 0 saturated carbocycles. The summed E-state index contributed by atoms with van der Waals surface area (Å²) in [5.41, 5.74) is 11.9. The maximum atomic E-state index is 2.27. The molecule has 0 radical (unpaired) electrons. The third kappa shape index (κ3) is 6.32. The minimum absolute atomic E-state index is 1.14. The number of anilines is 2. The van der Waals surface area contributed by atoms with Crippen molar-refractivity contribution in [2.75, 3.05) is 11.9 Å². The second-order valence-electron chi connectivity index (χ2n) is 10.3. The van der Waals surface area contributed by atoms with Gasteiger partial charge in [-0.25, -0.2) is 0 Å². The number of hydrogen-bond donors (Lipinski definition) is 0. The summed E-state index contributed by atoms with van der Waals surface area (Å²) in [7, 11) is 2.12. The SMILES string of the molecule is CN(c1ccc(C=C(c2ccccc2)c2ccccc2)cc1)c1ccc(C=C(c2ccccc2)c2ccccc2)cc1. The van der Waals surface area contributed by atoms with Gasteiger partial charge in [-0.05, 0) is 80.9 Å². The average molecular weight is 540 g/mol. The molecular formula is C41H33N. The lowest BCUT2D eigenvalue weighted by molar-refractivity contribution is 1.21. The molecule has 0 saturated heterocycles. The summed E-state index contributed by atoms with van der Waals surface area (Å²) in [5, 5.41) is 0. The minimum atomic E-state index is 1.14. The van der Waals surface area contributed by atoms with Crippen LogP contribution in [0.3, 0.4) is 0 Å². The highest BCUT2D eigenvalue weighted by molar-refractivity contribution is 5.92. The zero-order valence-corrected chi connectivity index (χ0v) is 23.8. The van der Waals surface area contributed by atoms with E-state index in [1.807, 2.05) is 0 Å². The first kappa shape index (κ1) is 26.8. The summed E-state index contributed by atoms with van der Waals surface area (Å²) < 4.78 is 0. The van der Waals surface area contributed by atoms with Gasteiger partial charge in [0.2, 0.25) is 0 Å². The predicted octanol–water partition coefficient (Wildman–Crippen LogP) is 10.6. The second kappa shape index (κ2) is 12.8. The van der Waals surface area contributed by atoms with E-state index in [2.05, 4.69) is 194 Å². The summed E-state index contributed by atoms with van der Waals surface area (Å²) >= 11 is 0. The van der Waals surface area contributed by atoms with Crippen molar-refractivity contribution in [2.24, 2.45) is 0 Å². The van der Waals surface area contributed by atoms with Crippen molar-refractivity contribution in [2.45, 2.75) is 0 Å². The van der Waals surface area contributed by atoms with E-state index in [0.29, 0.717) is 0 Å². The molecule has 0 spiro atoms. The fourth-order valence-corrected chi connectivity index (χ4v) is 5.21. The smallest absolute Gasteiger partial charge is 0.0408 e. The highest BCUT2D eigenvalue weighted by Gasteiger charge is 2.08. The molecule has 1 nitrogen and oxygen atoms in total. The summed E-state index contributed by atoms with van der Waals surface area (Å²) in [5.74, 6) is 0. The molecule has 6 rings (SSSR count). The topological polar surface area (TPSA) is 3.24 Å². The van der Waals surface area contributed by atoms with Crippen LogP contribution in [0.5, 0.6) is 0 Å². The third-order valence-electron chi connectivity index (χ3n) is 7.52. The molecule has 202 valence electrons. The third-order valence-corrected chi connectivity index (χ3v) is 7.52. The first-order chi connectivity index (χ1) is 20.7. The van der Waals surface area contributed by atoms with Crippen LogP contribution in [0.25, 0.3) is 23.3 Å². The van der Waals surface area contributed by atoms with E-state index in [1.54, 1.807) is 0 Å². The van der Waals surface area contributed by atoms with Crippen molar-refractivity contribution < 1.29 is 0 Å². The zero-order chi connectivity index (χ0) is 28.6. The molecule has 6 aromatic rings. The van der Waals surface area contributed by atoms with Crippen LogP contribution in [-0.4, -0.2) is 7.05 Å². The molecule has 0 fully saturated rings. The Morgan fingerprint density at radius 1 is 0.357 bits per heavy atom. The van der Waals surface area contributed by atoms with Gasteiger partial charge in [0.25, 0.3) is 0 Å². The lowest BCUT2D eigenvalue weighted by Gasteiger charge is -2.20. The van der Waals surface area contributed by atoms with Gasteiger partial charge in [-0.1, -0.05) is 146 Å². The summed E-state index contributed by atoms with van der Waals surface area (Å²) in [4.78, 5) is 2.23. The van der Waals surface area contributed by atoms with E-state index >= 15 is 0 Å². The predicted molar refractivity (Wildman–Crippen MR) is 181 cm³/mol. The monoisotopic (exact) mass is 539 g/mol. The van der Waals surface area contributed by atoms with Crippen LogP contribution in [0, 0.1) is 0 Å². The van der Waals surface area contributed by atoms with E-state index in [9.17, 15) is 0 Å². The minimum Gasteiger partial charge on any atom is -0.345 e. The standard InChI is InChI=1S/C41H33N/c1-42(38-26-22-32(23-27-38)30-40(34-14-6-2-7-15-34)35-16-8-3-9-17-35)39-28-24-33(25-29-39)31-41(36-18-10-4-11-19-36)37-20-12-5-13-21-37/h2-31H,1H3. The first-order valence-corrected chi connectivity index (χ1v) is 14.3. The molecule has 0 N–H and O–H groups in total. The Morgan fingerprint density at radius 3 is 0.881 bits per heavy atom. The largest absolute Gasteiger partial charge is 0.345 e. The van der Waals surface area contributed by atoms with Crippen molar-refractivity contribution in [1.29, 1.82) is 0 Å². The number of nitrogens with zero attached hydrogens (tertiary/aromatic N) is 1. The Hall–Kier alpha value is -5.40. The second-order valence-corrected chi connectivity index (χ2v) is 10.3. The average Bonchev–Trinajstić information content (AvgIpc) is 3.08. The van der Waals surface area contributed by atoms with Gasteiger partial charge in [-0.2, -0.15) is 0 Å². The van der Waals surface area contributed by atoms with Gasteiger partial charge in [0.05, 0.1) is 0 Å². The number of rotatable bonds is 8. The Bertz CT molecular complexity index is 1550. The molecule has 0 heterocycles. The van der Waals surface area contributed by atoms with Gasteiger partial charge in [0.15, 0.2) is 0 Å². The van der Waals surface area contributed by atoms with Crippen LogP contribution in [-0.2, 0) is 0 Å². The molecule has 1 heteroatoms. The van der Waals surface area contributed by atoms with Crippen LogP contribution < -0.4 is 4.90 Å². The van der Waals surface area contributed by atoms with Gasteiger partial charge in [0, 0.05) is 18.4 Å². The highest BCUT2D eigenvalue weighted by atomic mass is 15.1. The Morgan fingerprint density at radius 2 is 0.619 bits per heavy atom. The van der Waals surface area contributed by atoms with Crippen LogP contribution in [0.4, 0.5) is 11.4 Å². The molecule has 6 aromatic carbocycles. The first-order valence-electron chi connectivity index (χ1n) is 14.3. The maximum Gasteiger partial charge on any atom is 0.0408 e. The van der Waals surface area contributed by atoms with Crippen LogP contribution in [0.1, 0.15) is 33.4 Å². The van der Waals surface area contributed by atoms with Crippen LogP contribution >= 0.6 is 0 Å². The molecule has 0 aliphatic rings. The molecule has 0 aliphatic carbocycles. The lowest BCUT2D eigenvalue weighted by Crippen LogP contribution is -2.09. The fourth-order valence-electron chi connectivity index (χ4n) is 5.21. The molecular weight excluding hydrogens is 506 g/mol. The summed E-state index contributed by atoms with van der Waals surface area (Å²) in [6.45, 7) is 0. The summed E-state index contributed by atoms with van der Waals surface area (Å²) in [6.07, 6.45) is 4.54. The normalized spacial score (nSPS) is 10.5. The van der Waals surface area contributed by atoms with Crippen molar-refractivity contribution in [3.63, 3.8) is 0 Å². The maximum absolute atomic E-state index is 2.27. The molecule has 0 unspecified atom stereocenters. The molecule has 0 bridgehead atoms. The van der Waals surface area contributed by atoms with Crippen molar-refractivity contribution in [1.82, 2.24) is 0 Å². The van der Waals surface area contributed by atoms with Crippen molar-refractivity contribution >= 4 is 34.7 Å². The Kier molecular flexibility index (Phi) is 8.20. The molecule has 42 heavy (non-hydrogen) atoms. The van der Waals surface area contributed by atoms with Gasteiger partial charge < -0.3 is 4.90 Å². The van der Waals surface area contributed by atoms with E-state index in [4.69, 9.17) is 0 Å². The van der Waals surface area contributed by atoms with E-state index in [0.717, 1.165) is 11.4 Å². The van der Waals surface area contributed by atoms with Gasteiger partial charge in [-0.3, -0.25) is 0 Å². The van der Waals surface area contributed by atoms with E-state index < -0.39 is 0 Å². The lowest BCUT2D eigenvalue weighted by atomic mass is 9.95. The van der Waals surface area contributed by atoms with Crippen LogP contribution in [0.15, 0.2) is 170 Å². The van der Waals surface area contributed by atoms with E-state index in [1.165, 1.54) is 44.5 Å². The van der Waals surface area contributed by atoms with Crippen molar-refractivity contribution in [3.8, 4) is 0 Å². The molecule has 0 atom stereocenters. The van der Waals surface area contributed by atoms with Gasteiger partial charge in [0.1, 0.15) is 0 Å². The van der Waals surface area contributed by atoms with Gasteiger partial charge in [-0.15, -0.1) is 0 Å². The molecule has 0 aliphatic heterocycles. The van der Waals surface area contributed by atoms with Crippen LogP contribution in [0.2, 0.25) is 0 Å².